The molecule has 1 aromatic rings. The number of hydrogen-bond donors (Lipinski definition) is 2. The summed E-state index contributed by atoms with van der Waals surface area (Å²) in [6, 6.07) is 5.43. The van der Waals surface area contributed by atoms with Crippen molar-refractivity contribution in [3.8, 4) is 5.75 Å². The van der Waals surface area contributed by atoms with Gasteiger partial charge >= 0.3 is 0 Å². The summed E-state index contributed by atoms with van der Waals surface area (Å²) in [4.78, 5) is 23.1. The van der Waals surface area contributed by atoms with Crippen molar-refractivity contribution in [3.63, 3.8) is 0 Å². The fraction of sp³-hybridized carbons (Fsp3) is 0.467. The molecule has 1 heterocycles. The standard InChI is InChI=1S/C15H18N2O3/c16-12-5-3-10(7-13(12)20-8-9-1-2-9)11-4-6-14(18)17-15(11)19/h3,5,7,9,11H,1-2,4,6,8,16H2,(H,17,18,19). The molecule has 1 aliphatic carbocycles. The molecule has 0 radical (unpaired) electrons. The van der Waals surface area contributed by atoms with E-state index in [2.05, 4.69) is 5.32 Å². The van der Waals surface area contributed by atoms with Crippen LogP contribution < -0.4 is 15.8 Å². The molecule has 1 aliphatic heterocycles. The van der Waals surface area contributed by atoms with E-state index in [0.29, 0.717) is 36.8 Å². The molecule has 0 spiro atoms. The highest BCUT2D eigenvalue weighted by Crippen LogP contribution is 2.33. The van der Waals surface area contributed by atoms with Gasteiger partial charge in [0.25, 0.3) is 0 Å². The van der Waals surface area contributed by atoms with Gasteiger partial charge in [-0.25, -0.2) is 0 Å². The van der Waals surface area contributed by atoms with Crippen molar-refractivity contribution in [2.45, 2.75) is 31.6 Å². The largest absolute Gasteiger partial charge is 0.491 e. The van der Waals surface area contributed by atoms with Crippen LogP contribution in [0.5, 0.6) is 5.75 Å². The second-order valence-electron chi connectivity index (χ2n) is 5.56. The van der Waals surface area contributed by atoms with E-state index in [1.807, 2.05) is 12.1 Å². The van der Waals surface area contributed by atoms with Crippen LogP contribution in [0.1, 0.15) is 37.2 Å². The van der Waals surface area contributed by atoms with E-state index in [-0.39, 0.29) is 17.7 Å². The zero-order chi connectivity index (χ0) is 14.1. The lowest BCUT2D eigenvalue weighted by Crippen LogP contribution is -2.39. The van der Waals surface area contributed by atoms with Gasteiger partial charge in [0.05, 0.1) is 18.2 Å². The summed E-state index contributed by atoms with van der Waals surface area (Å²) in [6.45, 7) is 0.684. The smallest absolute Gasteiger partial charge is 0.234 e. The number of ether oxygens (including phenoxy) is 1. The van der Waals surface area contributed by atoms with E-state index in [1.54, 1.807) is 6.07 Å². The van der Waals surface area contributed by atoms with Crippen molar-refractivity contribution in [1.82, 2.24) is 5.32 Å². The van der Waals surface area contributed by atoms with Crippen LogP contribution in [0.4, 0.5) is 5.69 Å². The maximum absolute atomic E-state index is 11.9. The van der Waals surface area contributed by atoms with Gasteiger partial charge in [0.15, 0.2) is 0 Å². The van der Waals surface area contributed by atoms with Gasteiger partial charge in [0.2, 0.25) is 11.8 Å². The highest BCUT2D eigenvalue weighted by Gasteiger charge is 2.28. The van der Waals surface area contributed by atoms with E-state index in [9.17, 15) is 9.59 Å². The third kappa shape index (κ3) is 2.76. The number of carbonyl (C=O) groups is 2. The van der Waals surface area contributed by atoms with Gasteiger partial charge in [-0.05, 0) is 42.9 Å². The number of nitrogens with two attached hydrogens (primary N) is 1. The second kappa shape index (κ2) is 5.15. The zero-order valence-electron chi connectivity index (χ0n) is 11.2. The molecule has 2 aliphatic rings. The molecular weight excluding hydrogens is 256 g/mol. The first-order valence-corrected chi connectivity index (χ1v) is 6.99. The monoisotopic (exact) mass is 274 g/mol. The van der Waals surface area contributed by atoms with E-state index >= 15 is 0 Å². The number of anilines is 1. The Morgan fingerprint density at radius 2 is 2.05 bits per heavy atom. The molecule has 20 heavy (non-hydrogen) atoms. The highest BCUT2D eigenvalue weighted by atomic mass is 16.5. The number of rotatable bonds is 4. The summed E-state index contributed by atoms with van der Waals surface area (Å²) in [5.41, 5.74) is 7.34. The maximum atomic E-state index is 11.9. The number of carbonyl (C=O) groups excluding carboxylic acids is 2. The first-order chi connectivity index (χ1) is 9.63. The Hall–Kier alpha value is -2.04. The van der Waals surface area contributed by atoms with Crippen molar-refractivity contribution >= 4 is 17.5 Å². The van der Waals surface area contributed by atoms with Crippen LogP contribution in [0, 0.1) is 5.92 Å². The molecule has 3 N–H and O–H groups in total. The molecule has 2 amide bonds. The topological polar surface area (TPSA) is 81.4 Å². The minimum Gasteiger partial charge on any atom is -0.491 e. The maximum Gasteiger partial charge on any atom is 0.234 e. The molecule has 5 heteroatoms. The van der Waals surface area contributed by atoms with Crippen molar-refractivity contribution in [2.75, 3.05) is 12.3 Å². The molecule has 1 aromatic carbocycles. The average molecular weight is 274 g/mol. The van der Waals surface area contributed by atoms with Gasteiger partial charge in [-0.3, -0.25) is 14.9 Å². The van der Waals surface area contributed by atoms with Gasteiger partial charge < -0.3 is 10.5 Å². The molecule has 5 nitrogen and oxygen atoms in total. The first kappa shape index (κ1) is 13.0. The number of benzene rings is 1. The number of piperidine rings is 1. The van der Waals surface area contributed by atoms with Crippen molar-refractivity contribution < 1.29 is 14.3 Å². The minimum atomic E-state index is -0.295. The molecule has 2 fully saturated rings. The summed E-state index contributed by atoms with van der Waals surface area (Å²) < 4.78 is 5.72. The second-order valence-corrected chi connectivity index (χ2v) is 5.56. The van der Waals surface area contributed by atoms with Gasteiger partial charge in [0.1, 0.15) is 5.75 Å². The van der Waals surface area contributed by atoms with Crippen LogP contribution in [0.2, 0.25) is 0 Å². The quantitative estimate of drug-likeness (QED) is 0.645. The van der Waals surface area contributed by atoms with Gasteiger partial charge in [0, 0.05) is 6.42 Å². The van der Waals surface area contributed by atoms with Crippen molar-refractivity contribution in [1.29, 1.82) is 0 Å². The Bertz CT molecular complexity index is 552. The predicted octanol–water partition coefficient (Wildman–Crippen LogP) is 1.58. The number of nitrogen functional groups attached to an aromatic ring is 1. The van der Waals surface area contributed by atoms with Gasteiger partial charge in [-0.2, -0.15) is 0 Å². The summed E-state index contributed by atoms with van der Waals surface area (Å²) in [7, 11) is 0. The molecule has 0 bridgehead atoms. The van der Waals surface area contributed by atoms with E-state index in [4.69, 9.17) is 10.5 Å². The molecule has 0 aromatic heterocycles. The van der Waals surface area contributed by atoms with Crippen LogP contribution in [0.15, 0.2) is 18.2 Å². The third-order valence-corrected chi connectivity index (χ3v) is 3.85. The summed E-state index contributed by atoms with van der Waals surface area (Å²) >= 11 is 0. The van der Waals surface area contributed by atoms with Crippen molar-refractivity contribution in [2.24, 2.45) is 5.92 Å². The molecule has 106 valence electrons. The summed E-state index contributed by atoms with van der Waals surface area (Å²) in [5.74, 6) is 0.551. The van der Waals surface area contributed by atoms with E-state index < -0.39 is 0 Å². The number of hydrogen-bond acceptors (Lipinski definition) is 4. The third-order valence-electron chi connectivity index (χ3n) is 3.85. The lowest BCUT2D eigenvalue weighted by molar-refractivity contribution is -0.134. The highest BCUT2D eigenvalue weighted by molar-refractivity contribution is 6.01. The Morgan fingerprint density at radius 1 is 1.25 bits per heavy atom. The molecule has 1 saturated heterocycles. The fourth-order valence-electron chi connectivity index (χ4n) is 2.40. The van der Waals surface area contributed by atoms with E-state index in [0.717, 1.165) is 5.56 Å². The minimum absolute atomic E-state index is 0.202. The molecule has 3 rings (SSSR count). The van der Waals surface area contributed by atoms with Gasteiger partial charge in [-0.1, -0.05) is 6.07 Å². The molecule has 1 atom stereocenters. The average Bonchev–Trinajstić information content (AvgIpc) is 3.22. The normalized spacial score (nSPS) is 22.5. The molecular formula is C15H18N2O3. The SMILES string of the molecule is Nc1ccc(C2CCC(=O)NC2=O)cc1OCC1CC1. The van der Waals surface area contributed by atoms with Crippen LogP contribution >= 0.6 is 0 Å². The number of amides is 2. The van der Waals surface area contributed by atoms with Crippen LogP contribution in [0.3, 0.4) is 0 Å². The lowest BCUT2D eigenvalue weighted by atomic mass is 9.90. The molecule has 1 saturated carbocycles. The van der Waals surface area contributed by atoms with E-state index in [1.165, 1.54) is 12.8 Å². The Kier molecular flexibility index (Phi) is 3.34. The Labute approximate surface area is 117 Å². The van der Waals surface area contributed by atoms with Crippen LogP contribution in [-0.4, -0.2) is 18.4 Å². The molecule has 1 unspecified atom stereocenters. The van der Waals surface area contributed by atoms with Crippen LogP contribution in [0.25, 0.3) is 0 Å². The van der Waals surface area contributed by atoms with Gasteiger partial charge in [-0.15, -0.1) is 0 Å². The Balaban J connectivity index is 1.76. The summed E-state index contributed by atoms with van der Waals surface area (Å²) in [6.07, 6.45) is 3.34. The first-order valence-electron chi connectivity index (χ1n) is 6.99. The van der Waals surface area contributed by atoms with Crippen molar-refractivity contribution in [3.05, 3.63) is 23.8 Å². The summed E-state index contributed by atoms with van der Waals surface area (Å²) in [5, 5.41) is 2.37. The fourth-order valence-corrected chi connectivity index (χ4v) is 2.40. The Morgan fingerprint density at radius 3 is 2.75 bits per heavy atom. The number of nitrogens with one attached hydrogen (secondary N) is 1. The zero-order valence-corrected chi connectivity index (χ0v) is 11.2. The van der Waals surface area contributed by atoms with Crippen LogP contribution in [-0.2, 0) is 9.59 Å². The predicted molar refractivity (Wildman–Crippen MR) is 74.2 cm³/mol. The number of imide groups is 1. The lowest BCUT2D eigenvalue weighted by Gasteiger charge is -2.22.